The predicted octanol–water partition coefficient (Wildman–Crippen LogP) is 4.80. The molecule has 86 heavy (non-hydrogen) atoms. The third-order valence-corrected chi connectivity index (χ3v) is 20.5. The van der Waals surface area contributed by atoms with E-state index in [1.807, 2.05) is 37.2 Å². The number of nitrogens with one attached hydrogen (secondary N) is 1. The molecule has 2 aliphatic heterocycles. The summed E-state index contributed by atoms with van der Waals surface area (Å²) in [4.78, 5) is 58.5. The molecule has 2 heterocycles. The number of unbranched alkanes of at least 4 members (excludes halogenated alkanes) is 3. The number of carboxylic acid groups (broad SMARTS) is 3. The van der Waals surface area contributed by atoms with Crippen molar-refractivity contribution in [2.24, 2.45) is 5.92 Å². The lowest BCUT2D eigenvalue weighted by Gasteiger charge is -2.28. The summed E-state index contributed by atoms with van der Waals surface area (Å²) in [5.41, 5.74) is 2.59. The zero-order valence-electron chi connectivity index (χ0n) is 47.3. The van der Waals surface area contributed by atoms with Crippen LogP contribution in [0.4, 0.5) is 11.4 Å². The van der Waals surface area contributed by atoms with E-state index in [2.05, 4.69) is 5.32 Å². The summed E-state index contributed by atoms with van der Waals surface area (Å²) in [6, 6.07) is 11.1. The molecule has 30 heteroatoms. The number of ether oxygens (including phenoxy) is 1. The molecule has 3 atom stereocenters. The number of hydrogen-bond donors (Lipinski definition) is 4. The Labute approximate surface area is 499 Å². The highest BCUT2D eigenvalue weighted by Gasteiger charge is 2.45. The molecule has 6 rings (SSSR count). The Morgan fingerprint density at radius 1 is 0.733 bits per heavy atom. The molecule has 0 saturated heterocycles. The lowest BCUT2D eigenvalue weighted by molar-refractivity contribution is -0.438. The normalized spacial score (nSPS) is 18.5. The van der Waals surface area contributed by atoms with Gasteiger partial charge >= 0.3 is 11.9 Å². The molecular weight excluding hydrogens is 1230 g/mol. The van der Waals surface area contributed by atoms with Crippen LogP contribution >= 0.6 is 7.37 Å². The first-order valence-corrected chi connectivity index (χ1v) is 35.0. The van der Waals surface area contributed by atoms with Gasteiger partial charge in [0.1, 0.15) is 54.4 Å². The first kappa shape index (κ1) is 68.7. The van der Waals surface area contributed by atoms with Crippen molar-refractivity contribution in [3.05, 3.63) is 119 Å². The van der Waals surface area contributed by atoms with Crippen LogP contribution in [0.2, 0.25) is 0 Å². The van der Waals surface area contributed by atoms with Crippen molar-refractivity contribution < 1.29 is 105 Å². The number of carbonyl (C=O) groups excluding carboxylic acids is 2. The predicted molar refractivity (Wildman–Crippen MR) is 305 cm³/mol. The van der Waals surface area contributed by atoms with Crippen LogP contribution in [0.25, 0.3) is 0 Å². The van der Waals surface area contributed by atoms with E-state index in [-0.39, 0.29) is 44.5 Å². The second-order valence-corrected chi connectivity index (χ2v) is 30.4. The van der Waals surface area contributed by atoms with E-state index >= 15 is 0 Å². The molecule has 0 spiro atoms. The van der Waals surface area contributed by atoms with Gasteiger partial charge in [0.2, 0.25) is 19.0 Å². The highest BCUT2D eigenvalue weighted by atomic mass is 32.2. The standard InChI is InChI=1S/C56H70N3O22PS4/c1-55(2)43-33-41(85(75,76)77)21-23-46(43)58(29-7-5-6-13-50(60)57-45(54(65)66)28-31-82(67,68)35-38(53(63)64)16-27-51(61)62)48(55)25-14-36-11-10-12-37(52(36)81-39-17-19-40(20-18-39)84(72,73)74)15-26-49-56(3,4)44-34-42(86(78,79)80)22-24-47(44)59(49)30-8-9-32-83(69,70)71/h14-15,17-26,33-34,38,45H,5-13,16,27-32,35H2,1-4H3,(H8-,57,60,61,62,63,64,65,66,67,68,69,70,71,72,73,74,75,76,77,78,79,80)/p-4/t38?,45-/m0/s1. The molecule has 3 aromatic carbocycles. The van der Waals surface area contributed by atoms with Gasteiger partial charge in [0, 0.05) is 77.9 Å². The van der Waals surface area contributed by atoms with Crippen LogP contribution in [0.15, 0.2) is 122 Å². The van der Waals surface area contributed by atoms with E-state index in [4.69, 9.17) is 4.74 Å². The van der Waals surface area contributed by atoms with Crippen molar-refractivity contribution in [3.63, 3.8) is 0 Å². The monoisotopic (exact) mass is 1290 g/mol. The van der Waals surface area contributed by atoms with Gasteiger partial charge in [-0.3, -0.25) is 14.2 Å². The number of carbonyl (C=O) groups is 4. The molecule has 3 aliphatic rings. The number of fused-ring (bicyclic) bond motifs is 2. The summed E-state index contributed by atoms with van der Waals surface area (Å²) >= 11 is 0. The minimum absolute atomic E-state index is 0.0132. The molecule has 0 radical (unpaired) electrons. The van der Waals surface area contributed by atoms with Crippen LogP contribution in [-0.4, -0.2) is 138 Å². The molecule has 3 aromatic rings. The number of hydrogen-bond acceptors (Lipinski definition) is 20. The van der Waals surface area contributed by atoms with Crippen molar-refractivity contribution in [1.29, 1.82) is 0 Å². The maximum absolute atomic E-state index is 13.0. The maximum Gasteiger partial charge on any atom is 0.326 e. The van der Waals surface area contributed by atoms with Crippen molar-refractivity contribution in [1.82, 2.24) is 5.32 Å². The number of anilines is 1. The Morgan fingerprint density at radius 2 is 1.35 bits per heavy atom. The van der Waals surface area contributed by atoms with E-state index in [1.165, 1.54) is 48.5 Å². The van der Waals surface area contributed by atoms with Crippen LogP contribution in [0, 0.1) is 5.92 Å². The first-order valence-electron chi connectivity index (χ1n) is 27.2. The molecule has 0 bridgehead atoms. The molecule has 0 fully saturated rings. The summed E-state index contributed by atoms with van der Waals surface area (Å²) in [5, 5.41) is 32.4. The average molecular weight is 1290 g/mol. The first-order chi connectivity index (χ1) is 39.8. The van der Waals surface area contributed by atoms with Gasteiger partial charge in [-0.25, -0.2) is 38.5 Å². The summed E-state index contributed by atoms with van der Waals surface area (Å²) in [5.74, 6) is -6.95. The second-order valence-electron chi connectivity index (χ2n) is 22.2. The summed E-state index contributed by atoms with van der Waals surface area (Å²) < 4.78 is 165. The van der Waals surface area contributed by atoms with E-state index in [0.29, 0.717) is 82.9 Å². The largest absolute Gasteiger partial charge is 0.748 e. The van der Waals surface area contributed by atoms with Crippen molar-refractivity contribution >= 4 is 88.7 Å². The van der Waals surface area contributed by atoms with Gasteiger partial charge in [0.15, 0.2) is 5.71 Å². The van der Waals surface area contributed by atoms with Gasteiger partial charge in [-0.05, 0) is 162 Å². The summed E-state index contributed by atoms with van der Waals surface area (Å²) in [6.07, 6.45) is 6.42. The molecule has 0 aromatic heterocycles. The van der Waals surface area contributed by atoms with Gasteiger partial charge in [-0.1, -0.05) is 19.9 Å². The average Bonchev–Trinajstić information content (AvgIpc) is 1.62. The van der Waals surface area contributed by atoms with E-state index in [0.717, 1.165) is 12.1 Å². The SMILES string of the molecule is CC1(C)C(/C=C/C2=C(Oc3ccc(S(=O)(=O)[O-])cc3)C(=C/C=C3/N(CCCCS(=O)(=O)[O-])c4ccc(S(=O)(=O)[O-])cc4C3(C)C)/CCC2)=[N+](CCCCCC(=O)N[C@@H](CCP(=O)(O)CC(CCC(=O)[O-])C(=O)O)C(=O)O)c2ccc(S(=O)(=O)[O-])cc21. The minimum Gasteiger partial charge on any atom is -0.748 e. The Balaban J connectivity index is 1.33. The van der Waals surface area contributed by atoms with Crippen LogP contribution < -0.4 is 20.1 Å². The molecule has 0 saturated carbocycles. The molecule has 2 unspecified atom stereocenters. The molecule has 1 amide bonds. The lowest BCUT2D eigenvalue weighted by Crippen LogP contribution is -2.41. The fraction of sp³-hybridized carbons (Fsp3) is 0.446. The summed E-state index contributed by atoms with van der Waals surface area (Å²) in [7, 11) is -23.5. The number of amides is 1. The number of aliphatic carboxylic acids is 3. The molecule has 470 valence electrons. The van der Waals surface area contributed by atoms with E-state index in [9.17, 15) is 95.8 Å². The highest BCUT2D eigenvalue weighted by molar-refractivity contribution is 7.86. The van der Waals surface area contributed by atoms with Crippen molar-refractivity contribution in [2.75, 3.05) is 36.1 Å². The third kappa shape index (κ3) is 17.9. The topological polar surface area (TPSA) is 425 Å². The van der Waals surface area contributed by atoms with Crippen molar-refractivity contribution in [3.8, 4) is 5.75 Å². The minimum atomic E-state index is -4.92. The quantitative estimate of drug-likeness (QED) is 0.0301. The van der Waals surface area contributed by atoms with E-state index < -0.39 is 146 Å². The third-order valence-electron chi connectivity index (χ3n) is 15.3. The van der Waals surface area contributed by atoms with Gasteiger partial charge in [-0.2, -0.15) is 4.58 Å². The maximum atomic E-state index is 13.0. The number of allylic oxidation sites excluding steroid dienone is 7. The van der Waals surface area contributed by atoms with Gasteiger partial charge in [0.05, 0.1) is 36.1 Å². The summed E-state index contributed by atoms with van der Waals surface area (Å²) in [6.45, 7) is 7.72. The lowest BCUT2D eigenvalue weighted by atomic mass is 9.81. The van der Waals surface area contributed by atoms with Gasteiger partial charge < -0.3 is 58.2 Å². The molecule has 4 N–H and O–H groups in total. The molecule has 25 nitrogen and oxygen atoms in total. The fourth-order valence-electron chi connectivity index (χ4n) is 10.8. The Kier molecular flexibility index (Phi) is 21.8. The zero-order chi connectivity index (χ0) is 64.0. The zero-order valence-corrected chi connectivity index (χ0v) is 51.5. The van der Waals surface area contributed by atoms with Gasteiger partial charge in [0.25, 0.3) is 0 Å². The van der Waals surface area contributed by atoms with E-state index in [1.54, 1.807) is 24.3 Å². The fourth-order valence-corrected chi connectivity index (χ4v) is 14.7. The Morgan fingerprint density at radius 3 is 1.94 bits per heavy atom. The Bertz CT molecular complexity index is 3830. The Hall–Kier alpha value is -6.40. The smallest absolute Gasteiger partial charge is 0.326 e. The second kappa shape index (κ2) is 27.3. The van der Waals surface area contributed by atoms with Crippen LogP contribution in [0.5, 0.6) is 5.75 Å². The van der Waals surface area contributed by atoms with Crippen LogP contribution in [0.1, 0.15) is 116 Å². The van der Waals surface area contributed by atoms with Crippen molar-refractivity contribution in [2.45, 2.75) is 136 Å². The van der Waals surface area contributed by atoms with Gasteiger partial charge in [-0.15, -0.1) is 0 Å². The molecular formula is C56H66N3O22PS4-4. The number of nitrogens with zero attached hydrogens (tertiary/aromatic N) is 2. The number of carboxylic acids is 3. The highest BCUT2D eigenvalue weighted by Crippen LogP contribution is 2.50. The van der Waals surface area contributed by atoms with Crippen LogP contribution in [0.3, 0.4) is 0 Å². The number of benzene rings is 3. The van der Waals surface area contributed by atoms with Crippen LogP contribution in [-0.2, 0) is 75.0 Å². The number of rotatable bonds is 30. The molecule has 1 aliphatic carbocycles.